The van der Waals surface area contributed by atoms with Crippen LogP contribution in [0.1, 0.15) is 51.0 Å². The first kappa shape index (κ1) is 27.8. The molecule has 1 aromatic heterocycles. The number of hydrogen-bond donors (Lipinski definition) is 0. The number of para-hydroxylation sites is 1. The fourth-order valence-corrected chi connectivity index (χ4v) is 7.68. The van der Waals surface area contributed by atoms with Gasteiger partial charge in [0.1, 0.15) is 10.0 Å². The van der Waals surface area contributed by atoms with Gasteiger partial charge in [-0.25, -0.2) is 13.1 Å². The van der Waals surface area contributed by atoms with Crippen LogP contribution in [0.2, 0.25) is 0 Å². The lowest BCUT2D eigenvalue weighted by atomic mass is 10.1. The second-order valence-corrected chi connectivity index (χ2v) is 13.4. The number of carbonyl (C=O) groups is 1. The minimum atomic E-state index is -3.63. The molecule has 0 bridgehead atoms. The fourth-order valence-electron chi connectivity index (χ4n) is 4.82. The number of thioether (sulfide) groups is 1. The van der Waals surface area contributed by atoms with E-state index in [0.717, 1.165) is 49.8 Å². The Bertz CT molecular complexity index is 1490. The van der Waals surface area contributed by atoms with Crippen molar-refractivity contribution in [1.29, 1.82) is 0 Å². The van der Waals surface area contributed by atoms with Gasteiger partial charge in [0, 0.05) is 37.0 Å². The molecule has 2 fully saturated rings. The molecule has 10 heteroatoms. The highest BCUT2D eigenvalue weighted by atomic mass is 32.2. The van der Waals surface area contributed by atoms with E-state index in [4.69, 9.17) is 17.3 Å². The van der Waals surface area contributed by atoms with Crippen molar-refractivity contribution in [2.75, 3.05) is 19.6 Å². The summed E-state index contributed by atoms with van der Waals surface area (Å²) < 4.78 is 31.0. The zero-order valence-corrected chi connectivity index (χ0v) is 24.4. The second-order valence-electron chi connectivity index (χ2n) is 9.75. The summed E-state index contributed by atoms with van der Waals surface area (Å²) in [6.07, 6.45) is 9.41. The highest BCUT2D eigenvalue weighted by Gasteiger charge is 2.32. The molecule has 7 nitrogen and oxygen atoms in total. The van der Waals surface area contributed by atoms with Gasteiger partial charge in [-0.1, -0.05) is 80.5 Å². The van der Waals surface area contributed by atoms with E-state index < -0.39 is 10.0 Å². The Balaban J connectivity index is 1.56. The largest absolute Gasteiger partial charge is 0.293 e. The SMILES string of the molecule is CCCCN1C(=O)C(=Cc2cn(-c3ccccc3)nc2-c2cccc(S(=O)(=O)N3CCCCCC3)c2)SC1=S. The molecular formula is C29H32N4O3S3. The molecule has 3 aromatic rings. The molecule has 2 aliphatic rings. The molecule has 1 amide bonds. The molecule has 39 heavy (non-hydrogen) atoms. The Morgan fingerprint density at radius 2 is 1.77 bits per heavy atom. The van der Waals surface area contributed by atoms with E-state index in [0.29, 0.717) is 40.1 Å². The fraction of sp³-hybridized carbons (Fsp3) is 0.345. The Kier molecular flexibility index (Phi) is 8.66. The van der Waals surface area contributed by atoms with Crippen molar-refractivity contribution in [1.82, 2.24) is 19.0 Å². The van der Waals surface area contributed by atoms with Gasteiger partial charge in [-0.3, -0.25) is 9.69 Å². The van der Waals surface area contributed by atoms with Crippen LogP contribution < -0.4 is 0 Å². The standard InChI is InChI=1S/C29H32N4O3S3/c1-2-3-18-32-28(34)26(38-29(32)37)20-23-21-33(24-13-7-6-8-14-24)30-27(23)22-12-11-15-25(19-22)39(35,36)31-16-9-4-5-10-17-31/h6-8,11-15,19-21H,2-5,9-10,16-18H2,1H3. The van der Waals surface area contributed by atoms with Gasteiger partial charge < -0.3 is 0 Å². The predicted octanol–water partition coefficient (Wildman–Crippen LogP) is 6.11. The number of unbranched alkanes of at least 4 members (excludes halogenated alkanes) is 1. The van der Waals surface area contributed by atoms with E-state index in [1.54, 1.807) is 32.1 Å². The van der Waals surface area contributed by atoms with Crippen LogP contribution in [0.3, 0.4) is 0 Å². The van der Waals surface area contributed by atoms with Gasteiger partial charge in [-0.2, -0.15) is 9.40 Å². The van der Waals surface area contributed by atoms with Gasteiger partial charge in [-0.15, -0.1) is 0 Å². The third kappa shape index (κ3) is 6.04. The number of carbonyl (C=O) groups excluding carboxylic acids is 1. The van der Waals surface area contributed by atoms with Gasteiger partial charge in [0.05, 0.1) is 15.5 Å². The second kappa shape index (κ2) is 12.2. The van der Waals surface area contributed by atoms with Gasteiger partial charge in [-0.05, 0) is 49.6 Å². The number of hydrogen-bond acceptors (Lipinski definition) is 6. The van der Waals surface area contributed by atoms with Crippen LogP contribution in [-0.2, 0) is 14.8 Å². The molecule has 2 aliphatic heterocycles. The van der Waals surface area contributed by atoms with Crippen molar-refractivity contribution in [3.8, 4) is 16.9 Å². The Morgan fingerprint density at radius 1 is 1.03 bits per heavy atom. The van der Waals surface area contributed by atoms with E-state index in [9.17, 15) is 13.2 Å². The normalized spacial score (nSPS) is 18.2. The summed E-state index contributed by atoms with van der Waals surface area (Å²) >= 11 is 6.79. The summed E-state index contributed by atoms with van der Waals surface area (Å²) in [6, 6.07) is 16.7. The molecule has 5 rings (SSSR count). The predicted molar refractivity (Wildman–Crippen MR) is 161 cm³/mol. The van der Waals surface area contributed by atoms with Gasteiger partial charge in [0.15, 0.2) is 0 Å². The summed E-state index contributed by atoms with van der Waals surface area (Å²) in [5, 5.41) is 4.85. The monoisotopic (exact) mass is 580 g/mol. The summed E-state index contributed by atoms with van der Waals surface area (Å²) in [5.74, 6) is -0.102. The summed E-state index contributed by atoms with van der Waals surface area (Å²) in [5.41, 5.74) is 2.86. The van der Waals surface area contributed by atoms with Crippen LogP contribution in [0, 0.1) is 0 Å². The quantitative estimate of drug-likeness (QED) is 0.237. The Morgan fingerprint density at radius 3 is 2.49 bits per heavy atom. The first-order chi connectivity index (χ1) is 18.9. The third-order valence-electron chi connectivity index (χ3n) is 6.97. The lowest BCUT2D eigenvalue weighted by Gasteiger charge is -2.20. The first-order valence-corrected chi connectivity index (χ1v) is 16.1. The Hall–Kier alpha value is -2.79. The Labute approximate surface area is 239 Å². The summed E-state index contributed by atoms with van der Waals surface area (Å²) in [6.45, 7) is 3.77. The van der Waals surface area contributed by atoms with Crippen LogP contribution in [0.25, 0.3) is 23.0 Å². The highest BCUT2D eigenvalue weighted by molar-refractivity contribution is 8.26. The molecule has 2 aromatic carbocycles. The van der Waals surface area contributed by atoms with E-state index in [-0.39, 0.29) is 10.8 Å². The number of thiocarbonyl (C=S) groups is 1. The maximum atomic E-state index is 13.5. The lowest BCUT2D eigenvalue weighted by molar-refractivity contribution is -0.122. The molecule has 0 spiro atoms. The van der Waals surface area contributed by atoms with Crippen LogP contribution in [-0.4, -0.2) is 57.3 Å². The molecule has 0 atom stereocenters. The van der Waals surface area contributed by atoms with Gasteiger partial charge in [0.25, 0.3) is 5.91 Å². The lowest BCUT2D eigenvalue weighted by Crippen LogP contribution is -2.31. The highest BCUT2D eigenvalue weighted by Crippen LogP contribution is 2.35. The maximum absolute atomic E-state index is 13.5. The summed E-state index contributed by atoms with van der Waals surface area (Å²) in [7, 11) is -3.63. The molecule has 204 valence electrons. The zero-order valence-electron chi connectivity index (χ0n) is 22.0. The van der Waals surface area contributed by atoms with Gasteiger partial charge in [0.2, 0.25) is 10.0 Å². The van der Waals surface area contributed by atoms with E-state index in [1.165, 1.54) is 11.8 Å². The molecule has 0 radical (unpaired) electrons. The first-order valence-electron chi connectivity index (χ1n) is 13.4. The third-order valence-corrected chi connectivity index (χ3v) is 10.2. The summed E-state index contributed by atoms with van der Waals surface area (Å²) in [4.78, 5) is 15.6. The smallest absolute Gasteiger partial charge is 0.266 e. The minimum absolute atomic E-state index is 0.102. The van der Waals surface area contributed by atoms with Crippen LogP contribution in [0.5, 0.6) is 0 Å². The van der Waals surface area contributed by atoms with Crippen molar-refractivity contribution in [2.45, 2.75) is 50.3 Å². The zero-order chi connectivity index (χ0) is 27.4. The minimum Gasteiger partial charge on any atom is -0.293 e. The molecule has 0 aliphatic carbocycles. The molecular weight excluding hydrogens is 549 g/mol. The number of sulfonamides is 1. The van der Waals surface area contributed by atoms with Crippen molar-refractivity contribution in [3.63, 3.8) is 0 Å². The molecule has 0 saturated carbocycles. The van der Waals surface area contributed by atoms with Crippen molar-refractivity contribution in [2.24, 2.45) is 0 Å². The number of nitrogens with zero attached hydrogens (tertiary/aromatic N) is 4. The van der Waals surface area contributed by atoms with Crippen LogP contribution >= 0.6 is 24.0 Å². The molecule has 2 saturated heterocycles. The van der Waals surface area contributed by atoms with Crippen molar-refractivity contribution >= 4 is 50.3 Å². The number of rotatable bonds is 8. The molecule has 0 N–H and O–H groups in total. The number of aromatic nitrogens is 2. The van der Waals surface area contributed by atoms with Gasteiger partial charge >= 0.3 is 0 Å². The number of benzene rings is 2. The van der Waals surface area contributed by atoms with E-state index in [2.05, 4.69) is 6.92 Å². The van der Waals surface area contributed by atoms with E-state index >= 15 is 0 Å². The topological polar surface area (TPSA) is 75.5 Å². The van der Waals surface area contributed by atoms with Crippen LogP contribution in [0.15, 0.2) is 70.6 Å². The maximum Gasteiger partial charge on any atom is 0.266 e. The average molecular weight is 581 g/mol. The van der Waals surface area contributed by atoms with Crippen molar-refractivity contribution < 1.29 is 13.2 Å². The van der Waals surface area contributed by atoms with Crippen molar-refractivity contribution in [3.05, 3.63) is 71.3 Å². The van der Waals surface area contributed by atoms with Crippen LogP contribution in [0.4, 0.5) is 0 Å². The number of amides is 1. The average Bonchev–Trinajstić information content (AvgIpc) is 3.33. The van der Waals surface area contributed by atoms with E-state index in [1.807, 2.05) is 48.7 Å². The molecule has 3 heterocycles. The molecule has 0 unspecified atom stereocenters.